The lowest BCUT2D eigenvalue weighted by atomic mass is 10.0. The lowest BCUT2D eigenvalue weighted by Crippen LogP contribution is -2.23. The van der Waals surface area contributed by atoms with Crippen LogP contribution in [0.1, 0.15) is 23.7 Å². The molecule has 1 N–H and O–H groups in total. The molecular weight excluding hydrogens is 262 g/mol. The molecule has 3 rings (SSSR count). The van der Waals surface area contributed by atoms with Gasteiger partial charge in [0.25, 0.3) is 5.91 Å². The van der Waals surface area contributed by atoms with Crippen molar-refractivity contribution in [3.05, 3.63) is 54.1 Å². The molecule has 0 saturated carbocycles. The molecule has 1 radical (unpaired) electrons. The van der Waals surface area contributed by atoms with Crippen LogP contribution in [-0.4, -0.2) is 12.5 Å². The molecule has 0 spiro atoms. The Bertz CT molecular complexity index is 824. The lowest BCUT2D eigenvalue weighted by molar-refractivity contribution is 0.0949. The molecule has 0 aliphatic rings. The van der Waals surface area contributed by atoms with Gasteiger partial charge in [-0.25, -0.2) is 0 Å². The summed E-state index contributed by atoms with van der Waals surface area (Å²) in [6.07, 6.45) is 0.845. The second kappa shape index (κ2) is 5.44. The average Bonchev–Trinajstić information content (AvgIpc) is 2.51. The van der Waals surface area contributed by atoms with Crippen LogP contribution < -0.4 is 5.32 Å². The Morgan fingerprint density at radius 2 is 1.71 bits per heavy atom. The van der Waals surface area contributed by atoms with Gasteiger partial charge >= 0.3 is 0 Å². The van der Waals surface area contributed by atoms with Crippen LogP contribution in [0.2, 0.25) is 0 Å². The van der Waals surface area contributed by atoms with E-state index in [4.69, 9.17) is 0 Å². The number of hydrogen-bond donors (Lipinski definition) is 1. The van der Waals surface area contributed by atoms with Crippen LogP contribution in [0.3, 0.4) is 0 Å². The van der Waals surface area contributed by atoms with Crippen molar-refractivity contribution >= 4 is 27.5 Å². The average molecular weight is 278 g/mol. The highest BCUT2D eigenvalue weighted by molar-refractivity contribution is 6.07. The molecule has 105 valence electrons. The maximum Gasteiger partial charge on any atom is 0.255 e. The maximum atomic E-state index is 12.5. The third-order valence-corrected chi connectivity index (χ3v) is 3.62. The molecule has 3 nitrogen and oxygen atoms in total. The van der Waals surface area contributed by atoms with Crippen LogP contribution in [0, 0.1) is 0 Å². The smallest absolute Gasteiger partial charge is 0.255 e. The molecule has 3 aromatic rings. The van der Waals surface area contributed by atoms with E-state index in [9.17, 15) is 9.90 Å². The van der Waals surface area contributed by atoms with Gasteiger partial charge in [0, 0.05) is 11.9 Å². The minimum Gasteiger partial charge on any atom is -0.352 e. The Labute approximate surface area is 123 Å². The Balaban J connectivity index is 2.15. The summed E-state index contributed by atoms with van der Waals surface area (Å²) in [4.78, 5) is 12.0. The zero-order chi connectivity index (χ0) is 14.8. The zero-order valence-corrected chi connectivity index (χ0v) is 11.8. The summed E-state index contributed by atoms with van der Waals surface area (Å²) in [5, 5.41) is 18.8. The topological polar surface area (TPSA) is 49.0 Å². The number of carbonyl (C=O) groups is 1. The SMILES string of the molecule is CCCNC(=O)c1ccc2cc3ccccc3cc2c1[O]. The van der Waals surface area contributed by atoms with Crippen LogP contribution in [0.4, 0.5) is 0 Å². The number of hydrogen-bond acceptors (Lipinski definition) is 1. The molecule has 3 heteroatoms. The first-order chi connectivity index (χ1) is 10.2. The first kappa shape index (κ1) is 13.4. The van der Waals surface area contributed by atoms with E-state index in [1.807, 2.05) is 49.4 Å². The fourth-order valence-corrected chi connectivity index (χ4v) is 2.50. The number of nitrogens with one attached hydrogen (secondary N) is 1. The summed E-state index contributed by atoms with van der Waals surface area (Å²) in [7, 11) is 0. The molecule has 0 heterocycles. The van der Waals surface area contributed by atoms with E-state index in [0.29, 0.717) is 11.9 Å². The lowest BCUT2D eigenvalue weighted by Gasteiger charge is -2.08. The van der Waals surface area contributed by atoms with Crippen molar-refractivity contribution in [2.45, 2.75) is 13.3 Å². The largest absolute Gasteiger partial charge is 0.352 e. The van der Waals surface area contributed by atoms with Gasteiger partial charge in [-0.2, -0.15) is 0 Å². The van der Waals surface area contributed by atoms with E-state index < -0.39 is 0 Å². The van der Waals surface area contributed by atoms with Gasteiger partial charge in [-0.3, -0.25) is 9.90 Å². The molecule has 0 aliphatic heterocycles. The van der Waals surface area contributed by atoms with E-state index in [2.05, 4.69) is 5.32 Å². The molecule has 3 aromatic carbocycles. The van der Waals surface area contributed by atoms with E-state index in [0.717, 1.165) is 22.6 Å². The van der Waals surface area contributed by atoms with Crippen molar-refractivity contribution < 1.29 is 9.90 Å². The zero-order valence-electron chi connectivity index (χ0n) is 11.8. The van der Waals surface area contributed by atoms with Crippen LogP contribution in [0.5, 0.6) is 5.75 Å². The van der Waals surface area contributed by atoms with Gasteiger partial charge in [0.05, 0.1) is 5.56 Å². The van der Waals surface area contributed by atoms with E-state index in [1.54, 1.807) is 6.07 Å². The number of amides is 1. The number of rotatable bonds is 3. The van der Waals surface area contributed by atoms with Gasteiger partial charge in [-0.1, -0.05) is 37.3 Å². The highest BCUT2D eigenvalue weighted by Gasteiger charge is 2.15. The fraction of sp³-hybridized carbons (Fsp3) is 0.167. The second-order valence-electron chi connectivity index (χ2n) is 5.12. The predicted octanol–water partition coefficient (Wildman–Crippen LogP) is 4.28. The summed E-state index contributed by atoms with van der Waals surface area (Å²) >= 11 is 0. The summed E-state index contributed by atoms with van der Waals surface area (Å²) in [5.74, 6) is -0.497. The van der Waals surface area contributed by atoms with Gasteiger partial charge in [-0.05, 0) is 40.8 Å². The van der Waals surface area contributed by atoms with E-state index in [-0.39, 0.29) is 17.2 Å². The van der Waals surface area contributed by atoms with Crippen molar-refractivity contribution in [1.29, 1.82) is 0 Å². The first-order valence-corrected chi connectivity index (χ1v) is 7.11. The predicted molar refractivity (Wildman–Crippen MR) is 84.2 cm³/mol. The molecular formula is C18H16NO2. The molecule has 0 bridgehead atoms. The molecule has 0 fully saturated rings. The highest BCUT2D eigenvalue weighted by atomic mass is 16.3. The van der Waals surface area contributed by atoms with Crippen LogP contribution >= 0.6 is 0 Å². The Hall–Kier alpha value is -2.55. The Kier molecular flexibility index (Phi) is 3.48. The van der Waals surface area contributed by atoms with Crippen LogP contribution in [-0.2, 0) is 5.11 Å². The first-order valence-electron chi connectivity index (χ1n) is 7.11. The minimum absolute atomic E-state index is 0.202. The number of fused-ring (bicyclic) bond motifs is 2. The summed E-state index contributed by atoms with van der Waals surface area (Å²) in [5.41, 5.74) is 0.214. The van der Waals surface area contributed by atoms with Crippen LogP contribution in [0.15, 0.2) is 48.5 Å². The van der Waals surface area contributed by atoms with Gasteiger partial charge in [0.1, 0.15) is 0 Å². The van der Waals surface area contributed by atoms with Crippen LogP contribution in [0.25, 0.3) is 21.5 Å². The molecule has 0 saturated heterocycles. The summed E-state index contributed by atoms with van der Waals surface area (Å²) in [6, 6.07) is 15.2. The summed E-state index contributed by atoms with van der Waals surface area (Å²) < 4.78 is 0. The Morgan fingerprint density at radius 1 is 1.00 bits per heavy atom. The third kappa shape index (κ3) is 2.42. The van der Waals surface area contributed by atoms with E-state index in [1.165, 1.54) is 0 Å². The van der Waals surface area contributed by atoms with E-state index >= 15 is 0 Å². The van der Waals surface area contributed by atoms with Crippen molar-refractivity contribution in [2.24, 2.45) is 0 Å². The monoisotopic (exact) mass is 278 g/mol. The normalized spacial score (nSPS) is 10.9. The van der Waals surface area contributed by atoms with Gasteiger partial charge in [0.15, 0.2) is 5.75 Å². The number of benzene rings is 3. The molecule has 21 heavy (non-hydrogen) atoms. The van der Waals surface area contributed by atoms with Crippen molar-refractivity contribution in [1.82, 2.24) is 5.32 Å². The fourth-order valence-electron chi connectivity index (χ4n) is 2.50. The standard InChI is InChI=1S/C18H16NO2/c1-2-9-19-18(21)15-8-7-14-10-12-5-3-4-6-13(12)11-16(14)17(15)20/h3-8,10-11H,2,9H2,1H3,(H,19,21). The van der Waals surface area contributed by atoms with Gasteiger partial charge in [0.2, 0.25) is 0 Å². The van der Waals surface area contributed by atoms with Gasteiger partial charge in [-0.15, -0.1) is 0 Å². The third-order valence-electron chi connectivity index (χ3n) is 3.62. The Morgan fingerprint density at radius 3 is 2.43 bits per heavy atom. The maximum absolute atomic E-state index is 12.5. The number of carbonyl (C=O) groups excluding carboxylic acids is 1. The molecule has 0 unspecified atom stereocenters. The molecule has 1 amide bonds. The van der Waals surface area contributed by atoms with Crippen molar-refractivity contribution in [3.63, 3.8) is 0 Å². The highest BCUT2D eigenvalue weighted by Crippen LogP contribution is 2.32. The second-order valence-corrected chi connectivity index (χ2v) is 5.12. The van der Waals surface area contributed by atoms with Gasteiger partial charge < -0.3 is 5.32 Å². The summed E-state index contributed by atoms with van der Waals surface area (Å²) in [6.45, 7) is 2.55. The van der Waals surface area contributed by atoms with Crippen molar-refractivity contribution in [3.8, 4) is 5.75 Å². The minimum atomic E-state index is -0.295. The molecule has 0 aromatic heterocycles. The van der Waals surface area contributed by atoms with Crippen molar-refractivity contribution in [2.75, 3.05) is 6.54 Å². The molecule has 0 atom stereocenters. The molecule has 0 aliphatic carbocycles. The quantitative estimate of drug-likeness (QED) is 0.714.